The number of carboxylic acids is 1. The van der Waals surface area contributed by atoms with Gasteiger partial charge in [0, 0.05) is 19.5 Å². The topological polar surface area (TPSA) is 99.9 Å². The zero-order chi connectivity index (χ0) is 18.1. The molecule has 0 fully saturated rings. The second-order valence-electron chi connectivity index (χ2n) is 5.43. The van der Waals surface area contributed by atoms with Gasteiger partial charge in [0.1, 0.15) is 6.54 Å². The molecule has 7 nitrogen and oxygen atoms in total. The van der Waals surface area contributed by atoms with E-state index in [0.717, 1.165) is 5.56 Å². The molecule has 0 atom stereocenters. The van der Waals surface area contributed by atoms with Gasteiger partial charge in [-0.05, 0) is 24.1 Å². The van der Waals surface area contributed by atoms with E-state index in [4.69, 9.17) is 9.52 Å². The fourth-order valence-electron chi connectivity index (χ4n) is 2.30. The van der Waals surface area contributed by atoms with Crippen LogP contribution in [0.1, 0.15) is 22.5 Å². The minimum Gasteiger partial charge on any atom is -0.480 e. The third kappa shape index (κ3) is 6.14. The summed E-state index contributed by atoms with van der Waals surface area (Å²) in [7, 11) is 0. The Labute approximate surface area is 145 Å². The summed E-state index contributed by atoms with van der Waals surface area (Å²) >= 11 is 0. The van der Waals surface area contributed by atoms with Crippen LogP contribution < -0.4 is 5.32 Å². The molecule has 2 N–H and O–H groups in total. The number of furan rings is 1. The van der Waals surface area contributed by atoms with E-state index in [1.54, 1.807) is 6.07 Å². The standard InChI is InChI=1S/C18H20N2O5/c21-16(8-10-19-18(24)15-7-4-12-25-15)20(13-17(22)23)11-9-14-5-2-1-3-6-14/h1-7,12H,8-11,13H2,(H,19,24)(H,22,23). The molecule has 0 saturated heterocycles. The molecule has 0 aliphatic rings. The molecule has 0 spiro atoms. The second kappa shape index (κ2) is 9.27. The molecule has 2 aromatic rings. The number of benzene rings is 1. The zero-order valence-corrected chi connectivity index (χ0v) is 13.7. The van der Waals surface area contributed by atoms with Crippen LogP contribution >= 0.6 is 0 Å². The molecule has 0 aliphatic heterocycles. The van der Waals surface area contributed by atoms with Crippen LogP contribution in [0.3, 0.4) is 0 Å². The molecule has 132 valence electrons. The van der Waals surface area contributed by atoms with Crippen molar-refractivity contribution < 1.29 is 23.9 Å². The van der Waals surface area contributed by atoms with Gasteiger partial charge in [0.05, 0.1) is 6.26 Å². The highest BCUT2D eigenvalue weighted by Gasteiger charge is 2.17. The fourth-order valence-corrected chi connectivity index (χ4v) is 2.30. The Morgan fingerprint density at radius 3 is 2.48 bits per heavy atom. The number of rotatable bonds is 9. The number of nitrogens with zero attached hydrogens (tertiary/aromatic N) is 1. The number of carbonyl (C=O) groups is 3. The average molecular weight is 344 g/mol. The minimum absolute atomic E-state index is 0.0223. The fraction of sp³-hybridized carbons (Fsp3) is 0.278. The zero-order valence-electron chi connectivity index (χ0n) is 13.7. The van der Waals surface area contributed by atoms with Crippen LogP contribution in [-0.4, -0.2) is 47.4 Å². The van der Waals surface area contributed by atoms with Crippen molar-refractivity contribution in [2.75, 3.05) is 19.6 Å². The Morgan fingerprint density at radius 2 is 1.84 bits per heavy atom. The Bertz CT molecular complexity index is 698. The van der Waals surface area contributed by atoms with E-state index in [1.165, 1.54) is 17.2 Å². The highest BCUT2D eigenvalue weighted by molar-refractivity contribution is 5.91. The van der Waals surface area contributed by atoms with Crippen molar-refractivity contribution in [1.82, 2.24) is 10.2 Å². The summed E-state index contributed by atoms with van der Waals surface area (Å²) in [6.45, 7) is 0.0545. The third-order valence-corrected chi connectivity index (χ3v) is 3.56. The summed E-state index contributed by atoms with van der Waals surface area (Å²) in [5.41, 5.74) is 1.02. The molecule has 2 rings (SSSR count). The number of hydrogen-bond donors (Lipinski definition) is 2. The summed E-state index contributed by atoms with van der Waals surface area (Å²) in [5.74, 6) is -1.63. The second-order valence-corrected chi connectivity index (χ2v) is 5.43. The number of carbonyl (C=O) groups excluding carboxylic acids is 2. The summed E-state index contributed by atoms with van der Waals surface area (Å²) in [4.78, 5) is 36.3. The predicted molar refractivity (Wildman–Crippen MR) is 90.0 cm³/mol. The van der Waals surface area contributed by atoms with Gasteiger partial charge in [-0.15, -0.1) is 0 Å². The highest BCUT2D eigenvalue weighted by Crippen LogP contribution is 2.04. The quantitative estimate of drug-likeness (QED) is 0.719. The van der Waals surface area contributed by atoms with Crippen molar-refractivity contribution >= 4 is 17.8 Å². The average Bonchev–Trinajstić information content (AvgIpc) is 3.13. The van der Waals surface area contributed by atoms with Crippen LogP contribution in [0.25, 0.3) is 0 Å². The molecule has 1 aromatic heterocycles. The molecule has 0 aliphatic carbocycles. The number of carboxylic acid groups (broad SMARTS) is 1. The van der Waals surface area contributed by atoms with E-state index in [-0.39, 0.29) is 31.2 Å². The summed E-state index contributed by atoms with van der Waals surface area (Å²) in [5, 5.41) is 11.6. The van der Waals surface area contributed by atoms with Crippen molar-refractivity contribution in [2.24, 2.45) is 0 Å². The lowest BCUT2D eigenvalue weighted by molar-refractivity contribution is -0.144. The van der Waals surface area contributed by atoms with Crippen LogP contribution in [0.4, 0.5) is 0 Å². The Morgan fingerprint density at radius 1 is 1.08 bits per heavy atom. The number of amides is 2. The first kappa shape index (κ1) is 18.3. The summed E-state index contributed by atoms with van der Waals surface area (Å²) in [6, 6.07) is 12.6. The maximum absolute atomic E-state index is 12.3. The molecule has 25 heavy (non-hydrogen) atoms. The first-order valence-electron chi connectivity index (χ1n) is 7.91. The molecule has 0 bridgehead atoms. The van der Waals surface area contributed by atoms with Crippen LogP contribution in [-0.2, 0) is 16.0 Å². The molecular weight excluding hydrogens is 324 g/mol. The van der Waals surface area contributed by atoms with Crippen molar-refractivity contribution in [3.63, 3.8) is 0 Å². The normalized spacial score (nSPS) is 10.2. The van der Waals surface area contributed by atoms with E-state index >= 15 is 0 Å². The summed E-state index contributed by atoms with van der Waals surface area (Å²) < 4.78 is 4.96. The van der Waals surface area contributed by atoms with Gasteiger partial charge in [-0.1, -0.05) is 30.3 Å². The largest absolute Gasteiger partial charge is 0.480 e. The van der Waals surface area contributed by atoms with E-state index < -0.39 is 11.9 Å². The molecular formula is C18H20N2O5. The lowest BCUT2D eigenvalue weighted by atomic mass is 10.1. The Kier molecular flexibility index (Phi) is 6.76. The molecule has 0 radical (unpaired) electrons. The van der Waals surface area contributed by atoms with Crippen molar-refractivity contribution in [3.05, 3.63) is 60.1 Å². The van der Waals surface area contributed by atoms with Gasteiger partial charge < -0.3 is 19.7 Å². The van der Waals surface area contributed by atoms with Crippen LogP contribution in [0.5, 0.6) is 0 Å². The third-order valence-electron chi connectivity index (χ3n) is 3.56. The van der Waals surface area contributed by atoms with Gasteiger partial charge in [-0.25, -0.2) is 0 Å². The van der Waals surface area contributed by atoms with Gasteiger partial charge in [-0.3, -0.25) is 14.4 Å². The minimum atomic E-state index is -1.07. The van der Waals surface area contributed by atoms with E-state index in [9.17, 15) is 14.4 Å². The molecule has 1 aromatic carbocycles. The lowest BCUT2D eigenvalue weighted by Gasteiger charge is -2.21. The maximum atomic E-state index is 12.3. The number of aliphatic carboxylic acids is 1. The SMILES string of the molecule is O=C(O)CN(CCc1ccccc1)C(=O)CCNC(=O)c1ccco1. The first-order chi connectivity index (χ1) is 12.1. The monoisotopic (exact) mass is 344 g/mol. The van der Waals surface area contributed by atoms with Gasteiger partial charge in [0.2, 0.25) is 5.91 Å². The predicted octanol–water partition coefficient (Wildman–Crippen LogP) is 1.56. The van der Waals surface area contributed by atoms with Crippen LogP contribution in [0, 0.1) is 0 Å². The van der Waals surface area contributed by atoms with Crippen molar-refractivity contribution in [3.8, 4) is 0 Å². The summed E-state index contributed by atoms with van der Waals surface area (Å²) in [6.07, 6.45) is 1.98. The number of nitrogens with one attached hydrogen (secondary N) is 1. The molecule has 1 heterocycles. The number of hydrogen-bond acceptors (Lipinski definition) is 4. The van der Waals surface area contributed by atoms with Gasteiger partial charge in [0.25, 0.3) is 5.91 Å². The molecule has 0 saturated carbocycles. The molecule has 7 heteroatoms. The van der Waals surface area contributed by atoms with E-state index in [2.05, 4.69) is 5.32 Å². The van der Waals surface area contributed by atoms with Crippen molar-refractivity contribution in [1.29, 1.82) is 0 Å². The van der Waals surface area contributed by atoms with Gasteiger partial charge in [0.15, 0.2) is 5.76 Å². The molecule has 0 unspecified atom stereocenters. The van der Waals surface area contributed by atoms with E-state index in [1.807, 2.05) is 30.3 Å². The molecule has 2 amide bonds. The van der Waals surface area contributed by atoms with Gasteiger partial charge >= 0.3 is 5.97 Å². The first-order valence-corrected chi connectivity index (χ1v) is 7.91. The Balaban J connectivity index is 1.82. The van der Waals surface area contributed by atoms with Crippen LogP contribution in [0.2, 0.25) is 0 Å². The Hall–Kier alpha value is -3.09. The van der Waals surface area contributed by atoms with Gasteiger partial charge in [-0.2, -0.15) is 0 Å². The maximum Gasteiger partial charge on any atom is 0.323 e. The highest BCUT2D eigenvalue weighted by atomic mass is 16.4. The van der Waals surface area contributed by atoms with E-state index in [0.29, 0.717) is 13.0 Å². The van der Waals surface area contributed by atoms with Crippen LogP contribution in [0.15, 0.2) is 53.1 Å². The smallest absolute Gasteiger partial charge is 0.323 e. The van der Waals surface area contributed by atoms with Crippen molar-refractivity contribution in [2.45, 2.75) is 12.8 Å². The lowest BCUT2D eigenvalue weighted by Crippen LogP contribution is -2.39.